The van der Waals surface area contributed by atoms with E-state index in [1.165, 1.54) is 12.1 Å². The summed E-state index contributed by atoms with van der Waals surface area (Å²) in [5, 5.41) is 3.44. The van der Waals surface area contributed by atoms with Gasteiger partial charge in [0.05, 0.1) is 11.1 Å². The molecule has 0 bridgehead atoms. The molecule has 0 aliphatic heterocycles. The first-order valence-electron chi connectivity index (χ1n) is 8.30. The smallest absolute Gasteiger partial charge is 0.321 e. The number of amides is 1. The van der Waals surface area contributed by atoms with E-state index in [0.717, 1.165) is 23.0 Å². The van der Waals surface area contributed by atoms with Crippen LogP contribution >= 0.6 is 0 Å². The fraction of sp³-hybridized carbons (Fsp3) is 0.0500. The predicted molar refractivity (Wildman–Crippen MR) is 98.3 cm³/mol. The molecule has 0 atom stereocenters. The Hall–Kier alpha value is -3.68. The fourth-order valence-electron chi connectivity index (χ4n) is 2.88. The number of para-hydroxylation sites is 1. The third-order valence-electron chi connectivity index (χ3n) is 4.17. The van der Waals surface area contributed by atoms with Crippen molar-refractivity contribution in [3.05, 3.63) is 84.3 Å². The van der Waals surface area contributed by atoms with Gasteiger partial charge in [0.25, 0.3) is 5.91 Å². The highest BCUT2D eigenvalue weighted by atomic mass is 19.4. The third-order valence-corrected chi connectivity index (χ3v) is 4.17. The molecule has 1 amide bonds. The molecular formula is C20H13F3N4O. The first kappa shape index (κ1) is 17.7. The van der Waals surface area contributed by atoms with Gasteiger partial charge in [-0.15, -0.1) is 0 Å². The molecule has 140 valence electrons. The minimum absolute atomic E-state index is 0.254. The first-order chi connectivity index (χ1) is 13.4. The van der Waals surface area contributed by atoms with Crippen molar-refractivity contribution in [1.82, 2.24) is 14.5 Å². The van der Waals surface area contributed by atoms with Gasteiger partial charge in [-0.05, 0) is 42.5 Å². The third kappa shape index (κ3) is 3.32. The zero-order valence-corrected chi connectivity index (χ0v) is 14.3. The average molecular weight is 382 g/mol. The summed E-state index contributed by atoms with van der Waals surface area (Å²) in [5.41, 5.74) is 0.486. The molecule has 4 aromatic rings. The van der Waals surface area contributed by atoms with Gasteiger partial charge in [-0.25, -0.2) is 9.97 Å². The number of benzene rings is 2. The Morgan fingerprint density at radius 2 is 1.61 bits per heavy atom. The van der Waals surface area contributed by atoms with Crippen LogP contribution in [-0.2, 0) is 6.18 Å². The average Bonchev–Trinajstić information content (AvgIpc) is 3.08. The minimum atomic E-state index is -4.43. The van der Waals surface area contributed by atoms with Crippen LogP contribution in [0.25, 0.3) is 16.9 Å². The largest absolute Gasteiger partial charge is 0.416 e. The van der Waals surface area contributed by atoms with E-state index in [4.69, 9.17) is 0 Å². The van der Waals surface area contributed by atoms with E-state index >= 15 is 0 Å². The van der Waals surface area contributed by atoms with Crippen molar-refractivity contribution in [3.8, 4) is 5.95 Å². The van der Waals surface area contributed by atoms with Gasteiger partial charge in [0, 0.05) is 23.5 Å². The summed E-state index contributed by atoms with van der Waals surface area (Å²) in [6.07, 6.45) is -1.30. The molecule has 0 aliphatic rings. The Balaban J connectivity index is 1.72. The molecule has 0 unspecified atom stereocenters. The van der Waals surface area contributed by atoms with E-state index in [2.05, 4.69) is 15.3 Å². The van der Waals surface area contributed by atoms with Crippen LogP contribution in [0, 0.1) is 0 Å². The summed E-state index contributed by atoms with van der Waals surface area (Å²) >= 11 is 0. The van der Waals surface area contributed by atoms with Crippen LogP contribution in [0.5, 0.6) is 0 Å². The normalized spacial score (nSPS) is 11.5. The van der Waals surface area contributed by atoms with Crippen LogP contribution in [0.1, 0.15) is 16.1 Å². The Morgan fingerprint density at radius 3 is 2.29 bits per heavy atom. The second kappa shape index (κ2) is 6.80. The summed E-state index contributed by atoms with van der Waals surface area (Å²) in [6.45, 7) is 0. The topological polar surface area (TPSA) is 59.8 Å². The highest BCUT2D eigenvalue weighted by Crippen LogP contribution is 2.30. The van der Waals surface area contributed by atoms with Crippen LogP contribution in [-0.4, -0.2) is 20.4 Å². The minimum Gasteiger partial charge on any atom is -0.321 e. The van der Waals surface area contributed by atoms with E-state index in [1.807, 2.05) is 24.3 Å². The monoisotopic (exact) mass is 382 g/mol. The molecule has 0 fully saturated rings. The van der Waals surface area contributed by atoms with Crippen molar-refractivity contribution in [2.24, 2.45) is 0 Å². The number of fused-ring (bicyclic) bond motifs is 1. The molecule has 0 saturated carbocycles. The molecule has 8 heteroatoms. The van der Waals surface area contributed by atoms with Crippen molar-refractivity contribution in [3.63, 3.8) is 0 Å². The molecule has 2 aromatic carbocycles. The van der Waals surface area contributed by atoms with E-state index < -0.39 is 17.6 Å². The molecule has 5 nitrogen and oxygen atoms in total. The van der Waals surface area contributed by atoms with Gasteiger partial charge >= 0.3 is 6.18 Å². The van der Waals surface area contributed by atoms with Crippen molar-refractivity contribution in [2.45, 2.75) is 6.18 Å². The number of hydrogen-bond donors (Lipinski definition) is 1. The molecule has 0 spiro atoms. The van der Waals surface area contributed by atoms with Gasteiger partial charge in [0.15, 0.2) is 0 Å². The number of nitrogens with one attached hydrogen (secondary N) is 1. The van der Waals surface area contributed by atoms with Gasteiger partial charge in [-0.1, -0.05) is 18.2 Å². The lowest BCUT2D eigenvalue weighted by Crippen LogP contribution is -2.17. The quantitative estimate of drug-likeness (QED) is 0.559. The van der Waals surface area contributed by atoms with Crippen LogP contribution in [0.15, 0.2) is 73.1 Å². The SMILES string of the molecule is O=C(Nc1ccc(C(F)(F)F)cc1)c1cc2ccccc2n1-c1ncccn1. The van der Waals surface area contributed by atoms with E-state index in [9.17, 15) is 18.0 Å². The highest BCUT2D eigenvalue weighted by Gasteiger charge is 2.30. The van der Waals surface area contributed by atoms with E-state index in [1.54, 1.807) is 29.1 Å². The Kier molecular flexibility index (Phi) is 4.31. The summed E-state index contributed by atoms with van der Waals surface area (Å²) < 4.78 is 39.7. The number of halogens is 3. The van der Waals surface area contributed by atoms with Gasteiger partial charge < -0.3 is 5.32 Å². The molecule has 0 aliphatic carbocycles. The van der Waals surface area contributed by atoms with Gasteiger partial charge in [-0.2, -0.15) is 13.2 Å². The summed E-state index contributed by atoms with van der Waals surface area (Å²) in [5.74, 6) is -0.162. The summed E-state index contributed by atoms with van der Waals surface area (Å²) in [4.78, 5) is 21.3. The number of aromatic nitrogens is 3. The maximum Gasteiger partial charge on any atom is 0.416 e. The van der Waals surface area contributed by atoms with E-state index in [-0.39, 0.29) is 11.4 Å². The standard InChI is InChI=1S/C20H13F3N4O/c21-20(22,23)14-6-8-15(9-7-14)26-18(28)17-12-13-4-1-2-5-16(13)27(17)19-24-10-3-11-25-19/h1-12H,(H,26,28). The predicted octanol–water partition coefficient (Wildman–Crippen LogP) is 4.69. The number of rotatable bonds is 3. The van der Waals surface area contributed by atoms with Gasteiger partial charge in [0.1, 0.15) is 5.69 Å². The van der Waals surface area contributed by atoms with E-state index in [0.29, 0.717) is 5.95 Å². The second-order valence-corrected chi connectivity index (χ2v) is 6.00. The lowest BCUT2D eigenvalue weighted by atomic mass is 10.2. The molecule has 2 aromatic heterocycles. The lowest BCUT2D eigenvalue weighted by molar-refractivity contribution is -0.137. The number of nitrogens with zero attached hydrogens (tertiary/aromatic N) is 3. The molecule has 4 rings (SSSR count). The highest BCUT2D eigenvalue weighted by molar-refractivity contribution is 6.07. The van der Waals surface area contributed by atoms with Crippen molar-refractivity contribution in [1.29, 1.82) is 0 Å². The van der Waals surface area contributed by atoms with Gasteiger partial charge in [0.2, 0.25) is 5.95 Å². The van der Waals surface area contributed by atoms with Crippen molar-refractivity contribution in [2.75, 3.05) is 5.32 Å². The van der Waals surface area contributed by atoms with Crippen LogP contribution in [0.3, 0.4) is 0 Å². The number of hydrogen-bond acceptors (Lipinski definition) is 3. The van der Waals surface area contributed by atoms with Crippen LogP contribution in [0.2, 0.25) is 0 Å². The molecular weight excluding hydrogens is 369 g/mol. The maximum atomic E-state index is 12.8. The molecule has 0 radical (unpaired) electrons. The number of carbonyl (C=O) groups excluding carboxylic acids is 1. The Labute approximate surface area is 157 Å². The maximum absolute atomic E-state index is 12.8. The van der Waals surface area contributed by atoms with Crippen LogP contribution < -0.4 is 5.32 Å². The zero-order valence-electron chi connectivity index (χ0n) is 14.3. The summed E-state index contributed by atoms with van der Waals surface area (Å²) in [6, 6.07) is 15.0. The lowest BCUT2D eigenvalue weighted by Gasteiger charge is -2.11. The molecule has 1 N–H and O–H groups in total. The zero-order chi connectivity index (χ0) is 19.7. The fourth-order valence-corrected chi connectivity index (χ4v) is 2.88. The van der Waals surface area contributed by atoms with Crippen LogP contribution in [0.4, 0.5) is 18.9 Å². The Morgan fingerprint density at radius 1 is 0.929 bits per heavy atom. The van der Waals surface area contributed by atoms with Crippen molar-refractivity contribution < 1.29 is 18.0 Å². The number of alkyl halides is 3. The Bertz CT molecular complexity index is 1140. The first-order valence-corrected chi connectivity index (χ1v) is 8.30. The number of anilines is 1. The summed E-state index contributed by atoms with van der Waals surface area (Å²) in [7, 11) is 0. The molecule has 28 heavy (non-hydrogen) atoms. The molecule has 2 heterocycles. The second-order valence-electron chi connectivity index (χ2n) is 6.00. The van der Waals surface area contributed by atoms with Gasteiger partial charge in [-0.3, -0.25) is 9.36 Å². The van der Waals surface area contributed by atoms with Crippen molar-refractivity contribution >= 4 is 22.5 Å². The molecule has 0 saturated heterocycles. The number of carbonyl (C=O) groups is 1.